The number of aliphatic carboxylic acids is 1. The molecule has 2 amide bonds. The van der Waals surface area contributed by atoms with E-state index in [-0.39, 0.29) is 11.9 Å². The molecule has 5 nitrogen and oxygen atoms in total. The van der Waals surface area contributed by atoms with E-state index < -0.39 is 5.97 Å². The second-order valence-electron chi connectivity index (χ2n) is 6.16. The summed E-state index contributed by atoms with van der Waals surface area (Å²) in [5, 5.41) is 8.98. The van der Waals surface area contributed by atoms with Crippen LogP contribution in [0.2, 0.25) is 0 Å². The summed E-state index contributed by atoms with van der Waals surface area (Å²) in [5.74, 6) is -0.530. The fraction of sp³-hybridized carbons (Fsp3) is 0.857. The van der Waals surface area contributed by atoms with Gasteiger partial charge in [0.2, 0.25) is 0 Å². The minimum atomic E-state index is -0.728. The Hall–Kier alpha value is -1.26. The predicted molar refractivity (Wildman–Crippen MR) is 71.9 cm³/mol. The van der Waals surface area contributed by atoms with Crippen molar-refractivity contribution in [2.45, 2.75) is 45.6 Å². The van der Waals surface area contributed by atoms with Crippen LogP contribution >= 0.6 is 0 Å². The maximum Gasteiger partial charge on any atom is 0.320 e. The summed E-state index contributed by atoms with van der Waals surface area (Å²) in [6.07, 6.45) is 3.40. The summed E-state index contributed by atoms with van der Waals surface area (Å²) in [4.78, 5) is 27.2. The van der Waals surface area contributed by atoms with E-state index in [1.165, 1.54) is 0 Å². The molecule has 0 radical (unpaired) electrons. The Labute approximate surface area is 114 Å². The van der Waals surface area contributed by atoms with Crippen LogP contribution in [0.3, 0.4) is 0 Å². The maximum absolute atomic E-state index is 12.5. The molecule has 2 fully saturated rings. The predicted octanol–water partition coefficient (Wildman–Crippen LogP) is 2.02. The Morgan fingerprint density at radius 3 is 2.21 bits per heavy atom. The number of nitrogens with zero attached hydrogens (tertiary/aromatic N) is 2. The highest BCUT2D eigenvalue weighted by molar-refractivity contribution is 5.76. The van der Waals surface area contributed by atoms with Gasteiger partial charge >= 0.3 is 12.0 Å². The van der Waals surface area contributed by atoms with E-state index in [4.69, 9.17) is 5.11 Å². The molecule has 0 unspecified atom stereocenters. The molecule has 1 aliphatic carbocycles. The largest absolute Gasteiger partial charge is 0.481 e. The number of rotatable bonds is 4. The zero-order chi connectivity index (χ0) is 14.0. The van der Waals surface area contributed by atoms with Crippen molar-refractivity contribution < 1.29 is 14.7 Å². The highest BCUT2D eigenvalue weighted by Gasteiger charge is 2.36. The second-order valence-corrected chi connectivity index (χ2v) is 6.16. The van der Waals surface area contributed by atoms with Gasteiger partial charge in [-0.1, -0.05) is 13.8 Å². The van der Waals surface area contributed by atoms with Crippen molar-refractivity contribution in [1.29, 1.82) is 0 Å². The monoisotopic (exact) mass is 268 g/mol. The average molecular weight is 268 g/mol. The molecule has 0 bridgehead atoms. The third-order valence-corrected chi connectivity index (χ3v) is 3.91. The molecule has 2 rings (SSSR count). The molecule has 1 aliphatic heterocycles. The lowest BCUT2D eigenvalue weighted by atomic mass is 9.97. The lowest BCUT2D eigenvalue weighted by Crippen LogP contribution is -2.49. The lowest BCUT2D eigenvalue weighted by Gasteiger charge is -2.35. The molecule has 0 aromatic carbocycles. The first-order valence-corrected chi connectivity index (χ1v) is 7.27. The number of likely N-dealkylation sites (tertiary alicyclic amines) is 1. The third kappa shape index (κ3) is 3.61. The molecule has 5 heteroatoms. The van der Waals surface area contributed by atoms with Crippen LogP contribution in [0.25, 0.3) is 0 Å². The van der Waals surface area contributed by atoms with Crippen LogP contribution in [-0.4, -0.2) is 52.6 Å². The van der Waals surface area contributed by atoms with Crippen molar-refractivity contribution in [3.63, 3.8) is 0 Å². The van der Waals surface area contributed by atoms with Gasteiger partial charge in [0.25, 0.3) is 0 Å². The van der Waals surface area contributed by atoms with Gasteiger partial charge < -0.3 is 14.9 Å². The second kappa shape index (κ2) is 5.80. The zero-order valence-electron chi connectivity index (χ0n) is 11.8. The average Bonchev–Trinajstić information content (AvgIpc) is 3.19. The van der Waals surface area contributed by atoms with Crippen LogP contribution in [-0.2, 0) is 4.79 Å². The minimum Gasteiger partial charge on any atom is -0.481 e. The highest BCUT2D eigenvalue weighted by atomic mass is 16.4. The number of urea groups is 1. The minimum absolute atomic E-state index is 0.111. The number of carbonyl (C=O) groups is 2. The molecule has 0 atom stereocenters. The van der Waals surface area contributed by atoms with Crippen LogP contribution in [0.4, 0.5) is 4.79 Å². The number of carboxylic acid groups (broad SMARTS) is 1. The summed E-state index contributed by atoms with van der Waals surface area (Å²) in [5.41, 5.74) is 0. The molecule has 1 saturated heterocycles. The van der Waals surface area contributed by atoms with Crippen molar-refractivity contribution in [2.24, 2.45) is 11.8 Å². The molecule has 1 N–H and O–H groups in total. The molecule has 0 aromatic heterocycles. The summed E-state index contributed by atoms with van der Waals surface area (Å²) < 4.78 is 0. The first-order valence-electron chi connectivity index (χ1n) is 7.27. The molecule has 19 heavy (non-hydrogen) atoms. The van der Waals surface area contributed by atoms with Crippen molar-refractivity contribution in [3.8, 4) is 0 Å². The smallest absolute Gasteiger partial charge is 0.320 e. The number of hydrogen-bond acceptors (Lipinski definition) is 2. The van der Waals surface area contributed by atoms with Gasteiger partial charge in [-0.25, -0.2) is 4.79 Å². The summed E-state index contributed by atoms with van der Waals surface area (Å²) in [6.45, 7) is 6.22. The molecular weight excluding hydrogens is 244 g/mol. The van der Waals surface area contributed by atoms with Crippen molar-refractivity contribution in [3.05, 3.63) is 0 Å². The van der Waals surface area contributed by atoms with Crippen LogP contribution in [0.1, 0.15) is 39.5 Å². The van der Waals surface area contributed by atoms with Crippen LogP contribution in [0, 0.1) is 11.8 Å². The van der Waals surface area contributed by atoms with Crippen molar-refractivity contribution >= 4 is 12.0 Å². The third-order valence-electron chi connectivity index (χ3n) is 3.91. The van der Waals surface area contributed by atoms with E-state index in [1.807, 2.05) is 9.80 Å². The Kier molecular flexibility index (Phi) is 4.32. The van der Waals surface area contributed by atoms with Gasteiger partial charge in [-0.05, 0) is 31.6 Å². The number of hydrogen-bond donors (Lipinski definition) is 1. The van der Waals surface area contributed by atoms with Crippen LogP contribution in [0.5, 0.6) is 0 Å². The summed E-state index contributed by atoms with van der Waals surface area (Å²) in [6, 6.07) is 0.534. The molecular formula is C14H24N2O3. The highest BCUT2D eigenvalue weighted by Crippen LogP contribution is 2.29. The van der Waals surface area contributed by atoms with Gasteiger partial charge in [0.15, 0.2) is 0 Å². The van der Waals surface area contributed by atoms with Crippen LogP contribution < -0.4 is 0 Å². The summed E-state index contributed by atoms with van der Waals surface area (Å²) in [7, 11) is 0. The number of amides is 2. The topological polar surface area (TPSA) is 60.9 Å². The Bertz CT molecular complexity index is 345. The van der Waals surface area contributed by atoms with E-state index in [0.29, 0.717) is 37.9 Å². The standard InChI is InChI=1S/C14H24N2O3/c1-10(2)9-16(12-3-4-12)14(19)15-7-5-11(6-8-15)13(17)18/h10-12H,3-9H2,1-2H3,(H,17,18). The van der Waals surface area contributed by atoms with Gasteiger partial charge in [0, 0.05) is 25.7 Å². The zero-order valence-corrected chi connectivity index (χ0v) is 11.8. The van der Waals surface area contributed by atoms with Gasteiger partial charge in [-0.15, -0.1) is 0 Å². The van der Waals surface area contributed by atoms with Crippen molar-refractivity contribution in [2.75, 3.05) is 19.6 Å². The quantitative estimate of drug-likeness (QED) is 0.848. The van der Waals surface area contributed by atoms with Crippen LogP contribution in [0.15, 0.2) is 0 Å². The fourth-order valence-corrected chi connectivity index (χ4v) is 2.66. The molecule has 108 valence electrons. The van der Waals surface area contributed by atoms with Gasteiger partial charge in [0.05, 0.1) is 5.92 Å². The van der Waals surface area contributed by atoms with E-state index in [1.54, 1.807) is 0 Å². The lowest BCUT2D eigenvalue weighted by molar-refractivity contribution is -0.143. The number of carboxylic acids is 1. The normalized spacial score (nSPS) is 20.7. The van der Waals surface area contributed by atoms with E-state index >= 15 is 0 Å². The maximum atomic E-state index is 12.5. The van der Waals surface area contributed by atoms with E-state index in [9.17, 15) is 9.59 Å². The van der Waals surface area contributed by atoms with E-state index in [2.05, 4.69) is 13.8 Å². The number of carbonyl (C=O) groups excluding carboxylic acids is 1. The fourth-order valence-electron chi connectivity index (χ4n) is 2.66. The first kappa shape index (κ1) is 14.2. The van der Waals surface area contributed by atoms with Gasteiger partial charge in [0.1, 0.15) is 0 Å². The Morgan fingerprint density at radius 1 is 1.21 bits per heavy atom. The summed E-state index contributed by atoms with van der Waals surface area (Å²) >= 11 is 0. The van der Waals surface area contributed by atoms with Gasteiger partial charge in [-0.2, -0.15) is 0 Å². The van der Waals surface area contributed by atoms with Gasteiger partial charge in [-0.3, -0.25) is 4.79 Å². The Balaban J connectivity index is 1.90. The molecule has 2 aliphatic rings. The number of piperidine rings is 1. The van der Waals surface area contributed by atoms with Crippen molar-refractivity contribution in [1.82, 2.24) is 9.80 Å². The van der Waals surface area contributed by atoms with E-state index in [0.717, 1.165) is 19.4 Å². The molecule has 1 heterocycles. The SMILES string of the molecule is CC(C)CN(C(=O)N1CCC(C(=O)O)CC1)C1CC1. The first-order chi connectivity index (χ1) is 8.99. The molecule has 0 spiro atoms. The molecule has 1 saturated carbocycles. The molecule has 0 aromatic rings. The Morgan fingerprint density at radius 2 is 1.79 bits per heavy atom.